The normalized spacial score (nSPS) is 14.8. The van der Waals surface area contributed by atoms with Gasteiger partial charge in [0.25, 0.3) is 0 Å². The van der Waals surface area contributed by atoms with Crippen LogP contribution in [-0.2, 0) is 4.74 Å². The monoisotopic (exact) mass is 329 g/mol. The fourth-order valence-electron chi connectivity index (χ4n) is 2.81. The lowest BCUT2D eigenvalue weighted by atomic mass is 10.2. The highest BCUT2D eigenvalue weighted by molar-refractivity contribution is 5.90. The van der Waals surface area contributed by atoms with E-state index < -0.39 is 0 Å². The molecule has 1 aliphatic heterocycles. The van der Waals surface area contributed by atoms with Crippen LogP contribution in [0.5, 0.6) is 0 Å². The van der Waals surface area contributed by atoms with Gasteiger partial charge in [0.15, 0.2) is 0 Å². The number of anilines is 2. The molecule has 1 aromatic carbocycles. The summed E-state index contributed by atoms with van der Waals surface area (Å²) in [5, 5.41) is 4.33. The first-order valence-electron chi connectivity index (χ1n) is 8.40. The molecule has 128 valence electrons. The molecule has 7 heteroatoms. The van der Waals surface area contributed by atoms with Crippen LogP contribution in [-0.4, -0.2) is 60.3 Å². The fourth-order valence-corrected chi connectivity index (χ4v) is 2.81. The Morgan fingerprint density at radius 3 is 2.62 bits per heavy atom. The van der Waals surface area contributed by atoms with Gasteiger partial charge in [-0.2, -0.15) is 4.98 Å². The summed E-state index contributed by atoms with van der Waals surface area (Å²) < 4.78 is 5.06. The minimum atomic E-state index is -0.245. The molecule has 24 heavy (non-hydrogen) atoms. The number of fused-ring (bicyclic) bond motifs is 1. The van der Waals surface area contributed by atoms with Crippen molar-refractivity contribution < 1.29 is 9.53 Å². The van der Waals surface area contributed by atoms with E-state index in [0.29, 0.717) is 38.7 Å². The first-order valence-corrected chi connectivity index (χ1v) is 8.40. The summed E-state index contributed by atoms with van der Waals surface area (Å²) in [6.45, 7) is 7.70. The van der Waals surface area contributed by atoms with Gasteiger partial charge < -0.3 is 19.9 Å². The second-order valence-electron chi connectivity index (χ2n) is 5.59. The SMILES string of the molecule is CCNc1nc(N2CCN(C(=O)OCC)CC2)nc2ccccc12. The van der Waals surface area contributed by atoms with Crippen LogP contribution in [0.3, 0.4) is 0 Å². The maximum atomic E-state index is 11.8. The average molecular weight is 329 g/mol. The van der Waals surface area contributed by atoms with E-state index in [4.69, 9.17) is 4.74 Å². The Morgan fingerprint density at radius 1 is 1.17 bits per heavy atom. The lowest BCUT2D eigenvalue weighted by molar-refractivity contribution is 0.105. The fraction of sp³-hybridized carbons (Fsp3) is 0.471. The summed E-state index contributed by atoms with van der Waals surface area (Å²) in [4.78, 5) is 25.0. The van der Waals surface area contributed by atoms with Gasteiger partial charge in [0.05, 0.1) is 12.1 Å². The Morgan fingerprint density at radius 2 is 1.92 bits per heavy atom. The predicted molar refractivity (Wildman–Crippen MR) is 94.5 cm³/mol. The van der Waals surface area contributed by atoms with Gasteiger partial charge in [-0.15, -0.1) is 0 Å². The highest BCUT2D eigenvalue weighted by Gasteiger charge is 2.24. The summed E-state index contributed by atoms with van der Waals surface area (Å²) in [5.74, 6) is 1.55. The summed E-state index contributed by atoms with van der Waals surface area (Å²) in [5.41, 5.74) is 0.922. The van der Waals surface area contributed by atoms with Crippen molar-refractivity contribution in [1.29, 1.82) is 0 Å². The smallest absolute Gasteiger partial charge is 0.409 e. The number of hydrogen-bond acceptors (Lipinski definition) is 6. The molecule has 3 rings (SSSR count). The predicted octanol–water partition coefficient (Wildman–Crippen LogP) is 2.34. The van der Waals surface area contributed by atoms with Gasteiger partial charge in [0.1, 0.15) is 5.82 Å². The number of ether oxygens (including phenoxy) is 1. The lowest BCUT2D eigenvalue weighted by Crippen LogP contribution is -2.49. The number of amides is 1. The number of piperazine rings is 1. The Labute approximate surface area is 141 Å². The molecule has 0 atom stereocenters. The molecule has 2 heterocycles. The van der Waals surface area contributed by atoms with Gasteiger partial charge in [0, 0.05) is 38.1 Å². The van der Waals surface area contributed by atoms with Crippen LogP contribution in [0, 0.1) is 0 Å². The molecule has 0 bridgehead atoms. The van der Waals surface area contributed by atoms with E-state index in [0.717, 1.165) is 23.3 Å². The molecule has 0 unspecified atom stereocenters. The molecule has 1 amide bonds. The van der Waals surface area contributed by atoms with Crippen LogP contribution < -0.4 is 10.2 Å². The Bertz CT molecular complexity index is 713. The van der Waals surface area contributed by atoms with Crippen LogP contribution in [0.4, 0.5) is 16.6 Å². The van der Waals surface area contributed by atoms with E-state index in [1.54, 1.807) is 4.90 Å². The molecule has 0 radical (unpaired) electrons. The van der Waals surface area contributed by atoms with Gasteiger partial charge in [-0.25, -0.2) is 9.78 Å². The van der Waals surface area contributed by atoms with E-state index in [1.165, 1.54) is 0 Å². The van der Waals surface area contributed by atoms with Crippen molar-refractivity contribution in [2.75, 3.05) is 49.5 Å². The third-order valence-corrected chi connectivity index (χ3v) is 4.02. The van der Waals surface area contributed by atoms with Crippen molar-refractivity contribution in [1.82, 2.24) is 14.9 Å². The van der Waals surface area contributed by atoms with Crippen molar-refractivity contribution in [2.24, 2.45) is 0 Å². The highest BCUT2D eigenvalue weighted by Crippen LogP contribution is 2.24. The maximum Gasteiger partial charge on any atom is 0.409 e. The number of para-hydroxylation sites is 1. The van der Waals surface area contributed by atoms with Gasteiger partial charge in [-0.3, -0.25) is 0 Å². The van der Waals surface area contributed by atoms with E-state index >= 15 is 0 Å². The zero-order valence-electron chi connectivity index (χ0n) is 14.2. The number of carbonyl (C=O) groups is 1. The molecule has 1 saturated heterocycles. The van der Waals surface area contributed by atoms with Crippen LogP contribution >= 0.6 is 0 Å². The molecule has 1 aromatic heterocycles. The van der Waals surface area contributed by atoms with Gasteiger partial charge in [-0.05, 0) is 26.0 Å². The van der Waals surface area contributed by atoms with E-state index in [9.17, 15) is 4.79 Å². The topological polar surface area (TPSA) is 70.6 Å². The first kappa shape index (κ1) is 16.3. The van der Waals surface area contributed by atoms with E-state index in [-0.39, 0.29) is 6.09 Å². The summed E-state index contributed by atoms with van der Waals surface area (Å²) >= 11 is 0. The molecule has 0 aliphatic carbocycles. The zero-order chi connectivity index (χ0) is 16.9. The number of nitrogens with zero attached hydrogens (tertiary/aromatic N) is 4. The van der Waals surface area contributed by atoms with Crippen LogP contribution in [0.25, 0.3) is 10.9 Å². The number of hydrogen-bond donors (Lipinski definition) is 1. The third-order valence-electron chi connectivity index (χ3n) is 4.02. The van der Waals surface area contributed by atoms with E-state index in [2.05, 4.69) is 27.1 Å². The van der Waals surface area contributed by atoms with Crippen molar-refractivity contribution >= 4 is 28.8 Å². The molecular formula is C17H23N5O2. The quantitative estimate of drug-likeness (QED) is 0.928. The highest BCUT2D eigenvalue weighted by atomic mass is 16.6. The lowest BCUT2D eigenvalue weighted by Gasteiger charge is -2.34. The number of aromatic nitrogens is 2. The second kappa shape index (κ2) is 7.33. The van der Waals surface area contributed by atoms with Gasteiger partial charge >= 0.3 is 6.09 Å². The molecule has 7 nitrogen and oxygen atoms in total. The number of rotatable bonds is 4. The zero-order valence-corrected chi connectivity index (χ0v) is 14.2. The number of carbonyl (C=O) groups excluding carboxylic acids is 1. The third kappa shape index (κ3) is 3.34. The van der Waals surface area contributed by atoms with E-state index in [1.807, 2.05) is 31.2 Å². The Balaban J connectivity index is 1.79. The van der Waals surface area contributed by atoms with Crippen molar-refractivity contribution in [2.45, 2.75) is 13.8 Å². The minimum Gasteiger partial charge on any atom is -0.450 e. The first-order chi connectivity index (χ1) is 11.7. The van der Waals surface area contributed by atoms with Crippen molar-refractivity contribution in [3.8, 4) is 0 Å². The van der Waals surface area contributed by atoms with Crippen LogP contribution in [0.15, 0.2) is 24.3 Å². The standard InChI is InChI=1S/C17H23N5O2/c1-3-18-15-13-7-5-6-8-14(13)19-16(20-15)21-9-11-22(12-10-21)17(23)24-4-2/h5-8H,3-4,9-12H2,1-2H3,(H,18,19,20). The molecule has 0 saturated carbocycles. The van der Waals surface area contributed by atoms with Crippen LogP contribution in [0.2, 0.25) is 0 Å². The largest absolute Gasteiger partial charge is 0.450 e. The maximum absolute atomic E-state index is 11.8. The minimum absolute atomic E-state index is 0.245. The molecule has 1 fully saturated rings. The van der Waals surface area contributed by atoms with Crippen LogP contribution in [0.1, 0.15) is 13.8 Å². The molecular weight excluding hydrogens is 306 g/mol. The summed E-state index contributed by atoms with van der Waals surface area (Å²) in [7, 11) is 0. The Hall–Kier alpha value is -2.57. The molecule has 2 aromatic rings. The number of benzene rings is 1. The summed E-state index contributed by atoms with van der Waals surface area (Å²) in [6.07, 6.45) is -0.245. The number of nitrogens with one attached hydrogen (secondary N) is 1. The summed E-state index contributed by atoms with van der Waals surface area (Å²) in [6, 6.07) is 7.99. The van der Waals surface area contributed by atoms with Gasteiger partial charge in [-0.1, -0.05) is 12.1 Å². The Kier molecular flexibility index (Phi) is 4.98. The molecule has 1 N–H and O–H groups in total. The van der Waals surface area contributed by atoms with Gasteiger partial charge in [0.2, 0.25) is 5.95 Å². The second-order valence-corrected chi connectivity index (χ2v) is 5.59. The van der Waals surface area contributed by atoms with Crippen molar-refractivity contribution in [3.05, 3.63) is 24.3 Å². The average Bonchev–Trinajstić information content (AvgIpc) is 2.62. The molecule has 1 aliphatic rings. The van der Waals surface area contributed by atoms with Crippen molar-refractivity contribution in [3.63, 3.8) is 0 Å². The molecule has 0 spiro atoms.